The van der Waals surface area contributed by atoms with Crippen molar-refractivity contribution in [2.75, 3.05) is 0 Å². The number of benzene rings is 1. The first-order valence-corrected chi connectivity index (χ1v) is 7.83. The molecule has 136 valence electrons. The van der Waals surface area contributed by atoms with E-state index in [2.05, 4.69) is 10.6 Å². The fraction of sp³-hybridized carbons (Fsp3) is 0.412. The van der Waals surface area contributed by atoms with Crippen LogP contribution < -0.4 is 10.6 Å². The molecular weight excluding hydrogens is 328 g/mol. The quantitative estimate of drug-likeness (QED) is 0.522. The number of amides is 2. The Morgan fingerprint density at radius 1 is 1.00 bits per heavy atom. The molecule has 0 bridgehead atoms. The zero-order valence-corrected chi connectivity index (χ0v) is 14.1. The van der Waals surface area contributed by atoms with Crippen LogP contribution in [0.2, 0.25) is 0 Å². The van der Waals surface area contributed by atoms with Crippen molar-refractivity contribution in [3.8, 4) is 0 Å². The lowest BCUT2D eigenvalue weighted by atomic mass is 10.0. The van der Waals surface area contributed by atoms with E-state index in [0.29, 0.717) is 5.56 Å². The molecule has 0 heterocycles. The first-order chi connectivity index (χ1) is 11.7. The lowest BCUT2D eigenvalue weighted by molar-refractivity contribution is -0.143. The predicted octanol–water partition coefficient (Wildman–Crippen LogP) is 0.875. The van der Waals surface area contributed by atoms with Gasteiger partial charge in [-0.05, 0) is 24.5 Å². The molecule has 0 aliphatic carbocycles. The smallest absolute Gasteiger partial charge is 0.326 e. The van der Waals surface area contributed by atoms with E-state index in [0.717, 1.165) is 0 Å². The fourth-order valence-electron chi connectivity index (χ4n) is 2.14. The zero-order chi connectivity index (χ0) is 19.0. The molecule has 0 fully saturated rings. The van der Waals surface area contributed by atoms with Crippen molar-refractivity contribution in [1.82, 2.24) is 10.6 Å². The number of aliphatic carboxylic acids is 2. The van der Waals surface area contributed by atoms with Gasteiger partial charge in [-0.15, -0.1) is 0 Å². The molecular formula is C17H22N2O6. The lowest BCUT2D eigenvalue weighted by Crippen LogP contribution is -2.53. The van der Waals surface area contributed by atoms with E-state index in [-0.39, 0.29) is 18.8 Å². The van der Waals surface area contributed by atoms with Gasteiger partial charge in [-0.3, -0.25) is 14.4 Å². The van der Waals surface area contributed by atoms with Crippen molar-refractivity contribution < 1.29 is 29.4 Å². The molecule has 2 atom stereocenters. The maximum atomic E-state index is 12.4. The van der Waals surface area contributed by atoms with Crippen molar-refractivity contribution in [3.05, 3.63) is 35.9 Å². The summed E-state index contributed by atoms with van der Waals surface area (Å²) in [5, 5.41) is 22.7. The summed E-state index contributed by atoms with van der Waals surface area (Å²) in [5.41, 5.74) is 0.376. The van der Waals surface area contributed by atoms with Gasteiger partial charge in [-0.1, -0.05) is 32.0 Å². The highest BCUT2D eigenvalue weighted by Crippen LogP contribution is 2.07. The van der Waals surface area contributed by atoms with Crippen LogP contribution in [0.15, 0.2) is 30.3 Å². The number of nitrogens with one attached hydrogen (secondary N) is 2. The monoisotopic (exact) mass is 350 g/mol. The molecule has 0 saturated carbocycles. The van der Waals surface area contributed by atoms with Crippen LogP contribution in [0.3, 0.4) is 0 Å². The number of carbonyl (C=O) groups excluding carboxylic acids is 2. The van der Waals surface area contributed by atoms with Crippen LogP contribution in [0.1, 0.15) is 37.0 Å². The summed E-state index contributed by atoms with van der Waals surface area (Å²) < 4.78 is 0. The van der Waals surface area contributed by atoms with Crippen LogP contribution in [0.4, 0.5) is 0 Å². The van der Waals surface area contributed by atoms with Crippen molar-refractivity contribution >= 4 is 23.8 Å². The second kappa shape index (κ2) is 9.41. The molecule has 2 amide bonds. The molecule has 0 aromatic heterocycles. The van der Waals surface area contributed by atoms with Gasteiger partial charge < -0.3 is 20.8 Å². The maximum absolute atomic E-state index is 12.4. The first-order valence-electron chi connectivity index (χ1n) is 7.83. The van der Waals surface area contributed by atoms with Crippen LogP contribution in [-0.4, -0.2) is 46.0 Å². The molecule has 0 radical (unpaired) electrons. The second-order valence-electron chi connectivity index (χ2n) is 5.89. The molecule has 0 spiro atoms. The van der Waals surface area contributed by atoms with Crippen LogP contribution in [0.5, 0.6) is 0 Å². The Labute approximate surface area is 145 Å². The summed E-state index contributed by atoms with van der Waals surface area (Å²) in [5.74, 6) is -3.89. The van der Waals surface area contributed by atoms with Gasteiger partial charge in [0.1, 0.15) is 12.1 Å². The molecule has 0 unspecified atom stereocenters. The highest BCUT2D eigenvalue weighted by Gasteiger charge is 2.29. The molecule has 1 rings (SSSR count). The standard InChI is InChI=1S/C17H22N2O6/c1-10(2)14(19-15(22)11-6-4-3-5-7-11)16(23)18-12(17(24)25)8-9-13(20)21/h3-7,10,12,14H,8-9H2,1-2H3,(H,18,23)(H,19,22)(H,20,21)(H,24,25)/t12-,14+/m1/s1. The molecule has 1 aromatic carbocycles. The highest BCUT2D eigenvalue weighted by molar-refractivity contribution is 5.98. The van der Waals surface area contributed by atoms with E-state index in [1.54, 1.807) is 44.2 Å². The zero-order valence-electron chi connectivity index (χ0n) is 14.1. The molecule has 0 saturated heterocycles. The number of hydrogen-bond donors (Lipinski definition) is 4. The number of carboxylic acids is 2. The van der Waals surface area contributed by atoms with E-state index in [1.165, 1.54) is 0 Å². The summed E-state index contributed by atoms with van der Waals surface area (Å²) in [6.45, 7) is 3.42. The van der Waals surface area contributed by atoms with E-state index < -0.39 is 35.8 Å². The second-order valence-corrected chi connectivity index (χ2v) is 5.89. The van der Waals surface area contributed by atoms with E-state index in [9.17, 15) is 19.2 Å². The Bertz CT molecular complexity index is 629. The summed E-state index contributed by atoms with van der Waals surface area (Å²) in [6, 6.07) is 6.04. The van der Waals surface area contributed by atoms with Crippen LogP contribution >= 0.6 is 0 Å². The Hall–Kier alpha value is -2.90. The average Bonchev–Trinajstić information content (AvgIpc) is 2.55. The molecule has 4 N–H and O–H groups in total. The van der Waals surface area contributed by atoms with Crippen molar-refractivity contribution in [2.45, 2.75) is 38.8 Å². The summed E-state index contributed by atoms with van der Waals surface area (Å²) in [7, 11) is 0. The average molecular weight is 350 g/mol. The minimum absolute atomic E-state index is 0.242. The highest BCUT2D eigenvalue weighted by atomic mass is 16.4. The summed E-state index contributed by atoms with van der Waals surface area (Å²) >= 11 is 0. The van der Waals surface area contributed by atoms with Crippen molar-refractivity contribution in [3.63, 3.8) is 0 Å². The Balaban J connectivity index is 2.79. The third-order valence-corrected chi connectivity index (χ3v) is 3.53. The van der Waals surface area contributed by atoms with E-state index >= 15 is 0 Å². The molecule has 0 aliphatic heterocycles. The van der Waals surface area contributed by atoms with Gasteiger partial charge in [0.15, 0.2) is 0 Å². The summed E-state index contributed by atoms with van der Waals surface area (Å²) in [4.78, 5) is 46.4. The summed E-state index contributed by atoms with van der Waals surface area (Å²) in [6.07, 6.45) is -0.631. The van der Waals surface area contributed by atoms with Crippen LogP contribution in [0, 0.1) is 5.92 Å². The molecule has 25 heavy (non-hydrogen) atoms. The SMILES string of the molecule is CC(C)[C@H](NC(=O)c1ccccc1)C(=O)N[C@H](CCC(=O)O)C(=O)O. The number of hydrogen-bond acceptors (Lipinski definition) is 4. The Kier molecular flexibility index (Phi) is 7.58. The number of carboxylic acid groups (broad SMARTS) is 2. The minimum Gasteiger partial charge on any atom is -0.481 e. The van der Waals surface area contributed by atoms with Gasteiger partial charge in [0, 0.05) is 12.0 Å². The number of rotatable bonds is 9. The van der Waals surface area contributed by atoms with Gasteiger partial charge >= 0.3 is 11.9 Å². The molecule has 0 aliphatic rings. The molecule has 1 aromatic rings. The molecule has 8 heteroatoms. The van der Waals surface area contributed by atoms with E-state index in [4.69, 9.17) is 10.2 Å². The normalized spacial score (nSPS) is 12.9. The van der Waals surface area contributed by atoms with Crippen molar-refractivity contribution in [2.24, 2.45) is 5.92 Å². The van der Waals surface area contributed by atoms with Gasteiger partial charge in [0.05, 0.1) is 0 Å². The van der Waals surface area contributed by atoms with Crippen LogP contribution in [-0.2, 0) is 14.4 Å². The Morgan fingerprint density at radius 2 is 1.60 bits per heavy atom. The third-order valence-electron chi connectivity index (χ3n) is 3.53. The van der Waals surface area contributed by atoms with Gasteiger partial charge in [0.25, 0.3) is 5.91 Å². The maximum Gasteiger partial charge on any atom is 0.326 e. The predicted molar refractivity (Wildman–Crippen MR) is 89.0 cm³/mol. The lowest BCUT2D eigenvalue weighted by Gasteiger charge is -2.24. The third kappa shape index (κ3) is 6.62. The molecule has 8 nitrogen and oxygen atoms in total. The Morgan fingerprint density at radius 3 is 2.08 bits per heavy atom. The number of carbonyl (C=O) groups is 4. The van der Waals surface area contributed by atoms with Gasteiger partial charge in [-0.25, -0.2) is 4.79 Å². The van der Waals surface area contributed by atoms with Crippen molar-refractivity contribution in [1.29, 1.82) is 0 Å². The topological polar surface area (TPSA) is 133 Å². The van der Waals surface area contributed by atoms with Gasteiger partial charge in [-0.2, -0.15) is 0 Å². The van der Waals surface area contributed by atoms with E-state index in [1.807, 2.05) is 0 Å². The van der Waals surface area contributed by atoms with Gasteiger partial charge in [0.2, 0.25) is 5.91 Å². The minimum atomic E-state index is -1.33. The van der Waals surface area contributed by atoms with Crippen LogP contribution in [0.25, 0.3) is 0 Å². The largest absolute Gasteiger partial charge is 0.481 e. The fourth-order valence-corrected chi connectivity index (χ4v) is 2.14. The first kappa shape index (κ1) is 20.1.